The van der Waals surface area contributed by atoms with Crippen LogP contribution >= 0.6 is 15.9 Å². The topological polar surface area (TPSA) is 30.5 Å². The minimum Gasteiger partial charge on any atom is -0.377 e. The van der Waals surface area contributed by atoms with Crippen LogP contribution in [0.1, 0.15) is 12.5 Å². The molecule has 0 aliphatic rings. The fourth-order valence-corrected chi connectivity index (χ4v) is 2.08. The van der Waals surface area contributed by atoms with E-state index in [9.17, 15) is 4.39 Å². The Kier molecular flexibility index (Phi) is 5.36. The van der Waals surface area contributed by atoms with Gasteiger partial charge in [0.15, 0.2) is 6.29 Å². The Balaban J connectivity index is 2.84. The maximum Gasteiger partial charge on any atom is 0.176 e. The van der Waals surface area contributed by atoms with Crippen molar-refractivity contribution in [2.75, 3.05) is 19.5 Å². The molecule has 17 heavy (non-hydrogen) atoms. The summed E-state index contributed by atoms with van der Waals surface area (Å²) in [5.41, 5.74) is 1.69. The third-order valence-corrected chi connectivity index (χ3v) is 3.13. The van der Waals surface area contributed by atoms with Crippen LogP contribution in [-0.4, -0.2) is 26.6 Å². The van der Waals surface area contributed by atoms with Crippen molar-refractivity contribution in [3.63, 3.8) is 0 Å². The van der Waals surface area contributed by atoms with E-state index in [1.807, 2.05) is 13.8 Å². The predicted octanol–water partition coefficient (Wildman–Crippen LogP) is 3.32. The maximum absolute atomic E-state index is 13.4. The number of benzene rings is 1. The smallest absolute Gasteiger partial charge is 0.176 e. The number of aryl methyl sites for hydroxylation is 1. The lowest BCUT2D eigenvalue weighted by Crippen LogP contribution is -2.34. The Morgan fingerprint density at radius 2 is 1.88 bits per heavy atom. The molecule has 0 aliphatic carbocycles. The molecule has 0 heterocycles. The molecule has 0 bridgehead atoms. The van der Waals surface area contributed by atoms with Gasteiger partial charge in [-0.3, -0.25) is 0 Å². The molecule has 0 radical (unpaired) electrons. The molecular formula is C12H17BrFNO2. The number of rotatable bonds is 5. The van der Waals surface area contributed by atoms with Gasteiger partial charge in [-0.15, -0.1) is 0 Å². The molecule has 0 aromatic heterocycles. The van der Waals surface area contributed by atoms with Crippen LogP contribution in [0.15, 0.2) is 16.6 Å². The van der Waals surface area contributed by atoms with Crippen molar-refractivity contribution in [1.29, 1.82) is 0 Å². The van der Waals surface area contributed by atoms with Gasteiger partial charge in [0.25, 0.3) is 0 Å². The van der Waals surface area contributed by atoms with Crippen molar-refractivity contribution in [3.8, 4) is 0 Å². The lowest BCUT2D eigenvalue weighted by atomic mass is 10.1. The van der Waals surface area contributed by atoms with E-state index in [-0.39, 0.29) is 18.1 Å². The molecule has 1 aromatic carbocycles. The number of ether oxygens (including phenoxy) is 2. The zero-order valence-electron chi connectivity index (χ0n) is 10.4. The van der Waals surface area contributed by atoms with Crippen LogP contribution in [0, 0.1) is 12.7 Å². The summed E-state index contributed by atoms with van der Waals surface area (Å²) in [4.78, 5) is 0. The second-order valence-corrected chi connectivity index (χ2v) is 4.71. The summed E-state index contributed by atoms with van der Waals surface area (Å²) in [6.07, 6.45) is -0.374. The van der Waals surface area contributed by atoms with Gasteiger partial charge in [0.2, 0.25) is 0 Å². The van der Waals surface area contributed by atoms with E-state index < -0.39 is 0 Å². The number of hydrogen-bond donors (Lipinski definition) is 1. The van der Waals surface area contributed by atoms with E-state index in [0.717, 1.165) is 11.3 Å². The zero-order chi connectivity index (χ0) is 13.0. The van der Waals surface area contributed by atoms with E-state index in [0.29, 0.717) is 4.47 Å². The second kappa shape index (κ2) is 6.33. The minimum atomic E-state index is -0.374. The van der Waals surface area contributed by atoms with Crippen molar-refractivity contribution in [2.24, 2.45) is 0 Å². The minimum absolute atomic E-state index is 0.0794. The first-order valence-corrected chi connectivity index (χ1v) is 6.06. The van der Waals surface area contributed by atoms with Crippen LogP contribution in [0.5, 0.6) is 0 Å². The largest absolute Gasteiger partial charge is 0.377 e. The molecule has 1 atom stereocenters. The summed E-state index contributed by atoms with van der Waals surface area (Å²) >= 11 is 3.15. The van der Waals surface area contributed by atoms with E-state index in [1.54, 1.807) is 20.3 Å². The third kappa shape index (κ3) is 3.66. The number of methoxy groups -OCH3 is 2. The van der Waals surface area contributed by atoms with E-state index >= 15 is 0 Å². The van der Waals surface area contributed by atoms with Gasteiger partial charge in [-0.05, 0) is 47.5 Å². The number of nitrogens with one attached hydrogen (secondary N) is 1. The van der Waals surface area contributed by atoms with E-state index in [1.165, 1.54) is 6.07 Å². The average Bonchev–Trinajstić information content (AvgIpc) is 2.27. The number of halogens is 2. The molecular weight excluding hydrogens is 289 g/mol. The van der Waals surface area contributed by atoms with Gasteiger partial charge >= 0.3 is 0 Å². The third-order valence-electron chi connectivity index (χ3n) is 2.52. The summed E-state index contributed by atoms with van der Waals surface area (Å²) in [6.45, 7) is 3.82. The fourth-order valence-electron chi connectivity index (χ4n) is 1.62. The number of hydrogen-bond acceptors (Lipinski definition) is 3. The first kappa shape index (κ1) is 14.4. The highest BCUT2D eigenvalue weighted by molar-refractivity contribution is 9.10. The highest BCUT2D eigenvalue weighted by Gasteiger charge is 2.16. The monoisotopic (exact) mass is 305 g/mol. The standard InChI is InChI=1S/C12H17BrFNO2/c1-7-5-9(13)10(14)6-11(7)15-8(2)12(16-3)17-4/h5-6,8,12,15H,1-4H3. The molecule has 0 aliphatic heterocycles. The van der Waals surface area contributed by atoms with Crippen LogP contribution in [0.3, 0.4) is 0 Å². The van der Waals surface area contributed by atoms with Crippen molar-refractivity contribution in [3.05, 3.63) is 28.0 Å². The SMILES string of the molecule is COC(OC)C(C)Nc1cc(F)c(Br)cc1C. The molecule has 1 unspecified atom stereocenters. The highest BCUT2D eigenvalue weighted by atomic mass is 79.9. The Labute approximate surface area is 109 Å². The first-order valence-electron chi connectivity index (χ1n) is 5.27. The molecule has 0 spiro atoms. The zero-order valence-corrected chi connectivity index (χ0v) is 12.0. The quantitative estimate of drug-likeness (QED) is 0.847. The molecule has 0 saturated heterocycles. The lowest BCUT2D eigenvalue weighted by Gasteiger charge is -2.24. The molecule has 96 valence electrons. The van der Waals surface area contributed by atoms with Gasteiger partial charge in [0, 0.05) is 19.9 Å². The van der Waals surface area contributed by atoms with Crippen molar-refractivity contribution in [2.45, 2.75) is 26.2 Å². The summed E-state index contributed by atoms with van der Waals surface area (Å²) in [5.74, 6) is -0.295. The summed E-state index contributed by atoms with van der Waals surface area (Å²) < 4.78 is 24.2. The Morgan fingerprint density at radius 1 is 1.29 bits per heavy atom. The summed E-state index contributed by atoms with van der Waals surface area (Å²) in [5, 5.41) is 3.17. The van der Waals surface area contributed by atoms with Gasteiger partial charge in [-0.1, -0.05) is 0 Å². The van der Waals surface area contributed by atoms with Gasteiger partial charge in [-0.2, -0.15) is 0 Å². The molecule has 3 nitrogen and oxygen atoms in total. The van der Waals surface area contributed by atoms with Gasteiger partial charge in [0.05, 0.1) is 10.5 Å². The van der Waals surface area contributed by atoms with Crippen molar-refractivity contribution < 1.29 is 13.9 Å². The normalized spacial score (nSPS) is 12.9. The second-order valence-electron chi connectivity index (χ2n) is 3.85. The molecule has 5 heteroatoms. The molecule has 1 rings (SSSR count). The summed E-state index contributed by atoms with van der Waals surface area (Å²) in [6, 6.07) is 3.11. The molecule has 1 N–H and O–H groups in total. The Morgan fingerprint density at radius 3 is 2.41 bits per heavy atom. The van der Waals surface area contributed by atoms with Gasteiger partial charge in [0.1, 0.15) is 5.82 Å². The fraction of sp³-hybridized carbons (Fsp3) is 0.500. The van der Waals surface area contributed by atoms with Crippen LogP contribution in [0.25, 0.3) is 0 Å². The lowest BCUT2D eigenvalue weighted by molar-refractivity contribution is -0.109. The first-order chi connectivity index (χ1) is 7.99. The predicted molar refractivity (Wildman–Crippen MR) is 69.7 cm³/mol. The van der Waals surface area contributed by atoms with Crippen molar-refractivity contribution >= 4 is 21.6 Å². The summed E-state index contributed by atoms with van der Waals surface area (Å²) in [7, 11) is 3.14. The van der Waals surface area contributed by atoms with Crippen LogP contribution < -0.4 is 5.32 Å². The molecule has 0 fully saturated rings. The van der Waals surface area contributed by atoms with Crippen LogP contribution in [0.2, 0.25) is 0 Å². The van der Waals surface area contributed by atoms with Crippen LogP contribution in [0.4, 0.5) is 10.1 Å². The number of anilines is 1. The Hall–Kier alpha value is -0.650. The van der Waals surface area contributed by atoms with Gasteiger partial charge < -0.3 is 14.8 Å². The molecule has 0 saturated carbocycles. The molecule has 1 aromatic rings. The van der Waals surface area contributed by atoms with E-state index in [4.69, 9.17) is 9.47 Å². The van der Waals surface area contributed by atoms with Crippen molar-refractivity contribution in [1.82, 2.24) is 0 Å². The van der Waals surface area contributed by atoms with Gasteiger partial charge in [-0.25, -0.2) is 4.39 Å². The average molecular weight is 306 g/mol. The molecule has 0 amide bonds. The van der Waals surface area contributed by atoms with E-state index in [2.05, 4.69) is 21.2 Å². The maximum atomic E-state index is 13.4. The Bertz CT molecular complexity index is 383. The van der Waals surface area contributed by atoms with Crippen LogP contribution in [-0.2, 0) is 9.47 Å². The highest BCUT2D eigenvalue weighted by Crippen LogP contribution is 2.24.